The highest BCUT2D eigenvalue weighted by molar-refractivity contribution is 6.68. The molecule has 2 bridgehead atoms. The number of ketones is 2. The highest BCUT2D eigenvalue weighted by Gasteiger charge is 2.47. The van der Waals surface area contributed by atoms with Gasteiger partial charge in [0.25, 0.3) is 11.7 Å². The van der Waals surface area contributed by atoms with E-state index in [0.717, 1.165) is 0 Å². The molecule has 3 aromatic rings. The normalized spacial score (nSPS) is 28.7. The molecule has 0 saturated carbocycles. The molecule has 1 unspecified atom stereocenters. The number of carbonyl (C=O) groups is 3. The van der Waals surface area contributed by atoms with E-state index in [2.05, 4.69) is 15.3 Å². The number of aliphatic imine (C=N–C) groups is 2. The minimum Gasteiger partial charge on any atom is -0.504 e. The summed E-state index contributed by atoms with van der Waals surface area (Å²) in [7, 11) is 0. The van der Waals surface area contributed by atoms with Gasteiger partial charge in [-0.15, -0.1) is 0 Å². The van der Waals surface area contributed by atoms with Gasteiger partial charge in [-0.25, -0.2) is 9.89 Å². The van der Waals surface area contributed by atoms with Crippen LogP contribution in [0.3, 0.4) is 0 Å². The Bertz CT molecular complexity index is 2150. The highest BCUT2D eigenvalue weighted by atomic mass is 16.7. The Morgan fingerprint density at radius 3 is 2.55 bits per heavy atom. The summed E-state index contributed by atoms with van der Waals surface area (Å²) in [5.41, 5.74) is 1.14. The number of rotatable bonds is 3. The van der Waals surface area contributed by atoms with E-state index < -0.39 is 66.5 Å². The van der Waals surface area contributed by atoms with Crippen LogP contribution in [0, 0.1) is 5.41 Å². The largest absolute Gasteiger partial charge is 0.504 e. The first-order valence-electron chi connectivity index (χ1n) is 15.9. The van der Waals surface area contributed by atoms with Crippen molar-refractivity contribution in [2.45, 2.75) is 43.2 Å². The van der Waals surface area contributed by atoms with E-state index in [1.165, 1.54) is 30.5 Å². The van der Waals surface area contributed by atoms with E-state index in [1.54, 1.807) is 30.3 Å². The maximum atomic E-state index is 14.0. The first-order chi connectivity index (χ1) is 24.6. The molecule has 51 heavy (non-hydrogen) atoms. The number of phenols is 1. The average Bonchev–Trinajstić information content (AvgIpc) is 3.54. The Hall–Kier alpha value is -5.62. The van der Waals surface area contributed by atoms with Gasteiger partial charge in [-0.05, 0) is 35.9 Å². The fourth-order valence-corrected chi connectivity index (χ4v) is 7.03. The Morgan fingerprint density at radius 1 is 0.941 bits per heavy atom. The number of phenolic OH excluding ortho intramolecular Hbond substituents is 1. The second kappa shape index (κ2) is 12.3. The highest BCUT2D eigenvalue weighted by Crippen LogP contribution is 2.47. The number of allylic oxidation sites excluding steroid dienone is 1. The number of aliphatic hydroxyl groups is 4. The molecule has 1 saturated heterocycles. The molecule has 3 aromatic carbocycles. The molecule has 8 N–H and O–H groups in total. The third kappa shape index (κ3) is 5.15. The summed E-state index contributed by atoms with van der Waals surface area (Å²) in [5, 5.41) is 64.3. The van der Waals surface area contributed by atoms with Crippen LogP contribution in [-0.4, -0.2) is 104 Å². The minimum atomic E-state index is -1.82. The lowest BCUT2D eigenvalue weighted by Crippen LogP contribution is -3.09. The van der Waals surface area contributed by atoms with Crippen LogP contribution in [0.5, 0.6) is 11.5 Å². The van der Waals surface area contributed by atoms with Crippen LogP contribution < -0.4 is 15.0 Å². The van der Waals surface area contributed by atoms with Gasteiger partial charge in [0.2, 0.25) is 18.0 Å². The molecule has 0 aromatic heterocycles. The van der Waals surface area contributed by atoms with Crippen molar-refractivity contribution in [1.29, 1.82) is 5.41 Å². The summed E-state index contributed by atoms with van der Waals surface area (Å²) in [5.74, 6) is -4.05. The Kier molecular flexibility index (Phi) is 7.86. The van der Waals surface area contributed by atoms with Crippen LogP contribution in [0.4, 0.5) is 5.69 Å². The predicted octanol–water partition coefficient (Wildman–Crippen LogP) is -1.09. The predicted molar refractivity (Wildman–Crippen MR) is 174 cm³/mol. The van der Waals surface area contributed by atoms with Gasteiger partial charge in [-0.1, -0.05) is 24.3 Å². The molecule has 16 heteroatoms. The first kappa shape index (κ1) is 32.6. The molecule has 16 nitrogen and oxygen atoms in total. The Balaban J connectivity index is 1.34. The number of fused-ring (bicyclic) bond motifs is 6. The quantitative estimate of drug-likeness (QED) is 0.128. The molecule has 8 rings (SSSR count). The summed E-state index contributed by atoms with van der Waals surface area (Å²) in [6, 6.07) is 12.7. The number of aliphatic hydroxyl groups excluding tert-OH is 4. The maximum Gasteiger partial charge on any atom is 0.284 e. The first-order valence-corrected chi connectivity index (χ1v) is 15.9. The molecular formula is C35H30N5O11+. The molecule has 0 radical (unpaired) electrons. The number of guanidine groups is 1. The third-order valence-corrected chi connectivity index (χ3v) is 9.57. The van der Waals surface area contributed by atoms with Crippen molar-refractivity contribution < 1.29 is 59.0 Å². The van der Waals surface area contributed by atoms with Gasteiger partial charge in [-0.3, -0.25) is 25.1 Å². The number of amides is 1. The monoisotopic (exact) mass is 696 g/mol. The fraction of sp³-hybridized carbons (Fsp3) is 0.257. The van der Waals surface area contributed by atoms with Crippen LogP contribution in [0.2, 0.25) is 0 Å². The molecule has 4 aliphatic heterocycles. The summed E-state index contributed by atoms with van der Waals surface area (Å²) in [4.78, 5) is 49.8. The second-order valence-corrected chi connectivity index (χ2v) is 12.5. The smallest absolute Gasteiger partial charge is 0.284 e. The van der Waals surface area contributed by atoms with E-state index in [1.807, 2.05) is 0 Å². The van der Waals surface area contributed by atoms with E-state index in [4.69, 9.17) is 19.6 Å². The van der Waals surface area contributed by atoms with Crippen LogP contribution in [-0.2, 0) is 20.9 Å². The number of aromatic hydroxyl groups is 1. The van der Waals surface area contributed by atoms with Gasteiger partial charge in [0, 0.05) is 33.7 Å². The standard InChI is InChI=1S/C35H29N5O11/c36-35-38-32-24(33(48)39-35)37-13-40(32)21-4-2-1-3-16(21)15-7-8-49-12-22-27(44)29(46)30(47)34(50-22)51-31-19(15)10-20-23(28(31)45)26(43)18-9-14(11-41)5-6-17(18)25(20)42/h1-10,15,22,27,29-30,34,41,44-47H,11-13H2,(H2,36,39,48)/p+1/b8-7-/t15-,22-,27-,29+,30-,34+/m0/s1. The van der Waals surface area contributed by atoms with Crippen LogP contribution in [0.15, 0.2) is 70.9 Å². The van der Waals surface area contributed by atoms with Crippen molar-refractivity contribution in [3.05, 3.63) is 99.8 Å². The van der Waals surface area contributed by atoms with Gasteiger partial charge in [0.05, 0.1) is 18.4 Å². The minimum absolute atomic E-state index is 0.0370. The van der Waals surface area contributed by atoms with Crippen molar-refractivity contribution in [2.24, 2.45) is 9.98 Å². The number of hydrogen-bond donors (Lipinski definition) is 8. The maximum absolute atomic E-state index is 14.0. The lowest BCUT2D eigenvalue weighted by molar-refractivity contribution is -0.723. The Labute approximate surface area is 288 Å². The molecule has 5 aliphatic rings. The SMILES string of the molecule is N=C1N=C2C(=NC[NH+]2c2ccccc2[C@@H]2/C=C\OC[C@@H]3O[C@H](Oc4c2cc2c(c4O)C(=O)c4cc(CO)ccc4C2=O)[C@@H](O)[C@H](O)[C@H]3O)C(=O)N1. The van der Waals surface area contributed by atoms with Gasteiger partial charge in [0.1, 0.15) is 36.7 Å². The third-order valence-electron chi connectivity index (χ3n) is 9.57. The van der Waals surface area contributed by atoms with Crippen molar-refractivity contribution >= 4 is 40.7 Å². The summed E-state index contributed by atoms with van der Waals surface area (Å²) < 4.78 is 17.7. The van der Waals surface area contributed by atoms with Crippen molar-refractivity contribution in [2.75, 3.05) is 13.3 Å². The molecule has 260 valence electrons. The van der Waals surface area contributed by atoms with Crippen LogP contribution >= 0.6 is 0 Å². The van der Waals surface area contributed by atoms with Crippen molar-refractivity contribution in [3.63, 3.8) is 0 Å². The zero-order chi connectivity index (χ0) is 35.7. The molecule has 1 aliphatic carbocycles. The fourth-order valence-electron chi connectivity index (χ4n) is 7.03. The van der Waals surface area contributed by atoms with Crippen LogP contribution in [0.25, 0.3) is 0 Å². The number of amidine groups is 1. The lowest BCUT2D eigenvalue weighted by Gasteiger charge is -2.40. The zero-order valence-corrected chi connectivity index (χ0v) is 26.4. The number of hydrogen-bond acceptors (Lipinski definition) is 13. The number of para-hydroxylation sites is 1. The average molecular weight is 697 g/mol. The van der Waals surface area contributed by atoms with Gasteiger partial charge >= 0.3 is 0 Å². The summed E-state index contributed by atoms with van der Waals surface area (Å²) in [6.07, 6.45) is -5.10. The van der Waals surface area contributed by atoms with E-state index in [9.17, 15) is 39.9 Å². The van der Waals surface area contributed by atoms with Gasteiger partial charge in [-0.2, -0.15) is 4.99 Å². The molecule has 0 spiro atoms. The zero-order valence-electron chi connectivity index (χ0n) is 26.4. The second-order valence-electron chi connectivity index (χ2n) is 12.5. The number of ether oxygens (including phenoxy) is 3. The van der Waals surface area contributed by atoms with E-state index in [0.29, 0.717) is 21.7 Å². The molecule has 1 fully saturated rings. The van der Waals surface area contributed by atoms with Gasteiger partial charge in [0.15, 0.2) is 29.7 Å². The van der Waals surface area contributed by atoms with Crippen molar-refractivity contribution in [1.82, 2.24) is 5.32 Å². The topological polar surface area (TPSA) is 245 Å². The molecular weight excluding hydrogens is 666 g/mol. The number of benzene rings is 3. The Morgan fingerprint density at radius 2 is 1.75 bits per heavy atom. The summed E-state index contributed by atoms with van der Waals surface area (Å²) >= 11 is 0. The number of nitrogens with zero attached hydrogens (tertiary/aromatic N) is 2. The van der Waals surface area contributed by atoms with Crippen LogP contribution in [0.1, 0.15) is 54.5 Å². The molecule has 7 atom stereocenters. The molecule has 1 amide bonds. The van der Waals surface area contributed by atoms with E-state index in [-0.39, 0.29) is 64.3 Å². The van der Waals surface area contributed by atoms with Gasteiger partial charge < -0.3 is 39.7 Å². The summed E-state index contributed by atoms with van der Waals surface area (Å²) in [6.45, 7) is -0.625. The van der Waals surface area contributed by atoms with Crippen molar-refractivity contribution in [3.8, 4) is 11.5 Å². The number of nitrogens with one attached hydrogen (secondary N) is 3. The number of quaternary nitrogens is 1. The van der Waals surface area contributed by atoms with E-state index >= 15 is 0 Å². The lowest BCUT2D eigenvalue weighted by atomic mass is 9.79. The number of carbonyl (C=O) groups excluding carboxylic acids is 3. The molecule has 4 heterocycles.